The number of ether oxygens (including phenoxy) is 3. The second-order valence-corrected chi connectivity index (χ2v) is 5.19. The molecule has 0 aromatic heterocycles. The van der Waals surface area contributed by atoms with E-state index >= 15 is 0 Å². The van der Waals surface area contributed by atoms with E-state index < -0.39 is 12.3 Å². The number of hydrogen-bond acceptors (Lipinski definition) is 4. The van der Waals surface area contributed by atoms with Crippen LogP contribution in [0.5, 0.6) is 5.75 Å². The Hall–Kier alpha value is -2.33. The van der Waals surface area contributed by atoms with Gasteiger partial charge >= 0.3 is 6.16 Å². The van der Waals surface area contributed by atoms with Gasteiger partial charge in [0.15, 0.2) is 6.10 Å². The minimum atomic E-state index is -0.739. The summed E-state index contributed by atoms with van der Waals surface area (Å²) in [6.07, 6.45) is -0.614. The molecule has 2 aromatic carbocycles. The number of benzene rings is 2. The third-order valence-corrected chi connectivity index (χ3v) is 3.31. The second kappa shape index (κ2) is 8.96. The molecule has 0 saturated carbocycles. The van der Waals surface area contributed by atoms with Crippen LogP contribution in [0.15, 0.2) is 60.7 Å². The van der Waals surface area contributed by atoms with E-state index in [1.54, 1.807) is 24.3 Å². The maximum absolute atomic E-state index is 12.1. The Kier molecular flexibility index (Phi) is 6.63. The van der Waals surface area contributed by atoms with Crippen molar-refractivity contribution in [1.82, 2.24) is 0 Å². The van der Waals surface area contributed by atoms with Gasteiger partial charge in [-0.15, -0.1) is 0 Å². The summed E-state index contributed by atoms with van der Waals surface area (Å²) in [5, 5.41) is 0. The molecule has 0 saturated heterocycles. The normalized spacial score (nSPS) is 13.1. The molecular weight excluding hydrogens is 292 g/mol. The average Bonchev–Trinajstić information content (AvgIpc) is 2.59. The van der Waals surface area contributed by atoms with Gasteiger partial charge in [0.05, 0.1) is 6.10 Å². The van der Waals surface area contributed by atoms with Gasteiger partial charge in [-0.1, -0.05) is 55.5 Å². The maximum Gasteiger partial charge on any atom is 0.514 e. The third-order valence-electron chi connectivity index (χ3n) is 3.31. The van der Waals surface area contributed by atoms with Gasteiger partial charge in [-0.25, -0.2) is 4.79 Å². The van der Waals surface area contributed by atoms with Crippen LogP contribution in [0.1, 0.15) is 31.9 Å². The third kappa shape index (κ3) is 5.42. The summed E-state index contributed by atoms with van der Waals surface area (Å²) in [6.45, 7) is 4.54. The van der Waals surface area contributed by atoms with Gasteiger partial charge < -0.3 is 14.2 Å². The first-order chi connectivity index (χ1) is 11.2. The topological polar surface area (TPSA) is 44.8 Å². The molecule has 4 nitrogen and oxygen atoms in total. The van der Waals surface area contributed by atoms with Gasteiger partial charge in [-0.3, -0.25) is 0 Å². The Balaban J connectivity index is 2.06. The van der Waals surface area contributed by atoms with Crippen molar-refractivity contribution < 1.29 is 19.0 Å². The van der Waals surface area contributed by atoms with Crippen LogP contribution in [0, 0.1) is 0 Å². The van der Waals surface area contributed by atoms with Crippen molar-refractivity contribution in [3.05, 3.63) is 66.2 Å². The summed E-state index contributed by atoms with van der Waals surface area (Å²) in [5.41, 5.74) is 0.876. The first-order valence-corrected chi connectivity index (χ1v) is 7.80. The quantitative estimate of drug-likeness (QED) is 0.546. The molecule has 122 valence electrons. The molecule has 0 aliphatic heterocycles. The molecule has 0 fully saturated rings. The van der Waals surface area contributed by atoms with Gasteiger partial charge in [0, 0.05) is 6.61 Å². The van der Waals surface area contributed by atoms with E-state index in [1.807, 2.05) is 50.2 Å². The number of carbonyl (C=O) groups is 1. The molecule has 0 amide bonds. The molecule has 0 N–H and O–H groups in total. The van der Waals surface area contributed by atoms with Crippen molar-refractivity contribution in [2.45, 2.75) is 32.5 Å². The standard InChI is InChI=1S/C19H22O4/c1-3-14-21-15(2)18(16-10-6-4-7-11-16)23-19(20)22-17-12-8-5-9-13-17/h4-13,15,18H,3,14H2,1-2H3. The predicted molar refractivity (Wildman–Crippen MR) is 88.4 cm³/mol. The number of rotatable bonds is 7. The molecule has 0 spiro atoms. The van der Waals surface area contributed by atoms with E-state index in [2.05, 4.69) is 0 Å². The molecular formula is C19H22O4. The van der Waals surface area contributed by atoms with E-state index in [0.717, 1.165) is 12.0 Å². The first kappa shape index (κ1) is 17.0. The smallest absolute Gasteiger partial charge is 0.423 e. The maximum atomic E-state index is 12.1. The van der Waals surface area contributed by atoms with Crippen LogP contribution < -0.4 is 4.74 Å². The molecule has 4 heteroatoms. The van der Waals surface area contributed by atoms with E-state index in [1.165, 1.54) is 0 Å². The van der Waals surface area contributed by atoms with Crippen molar-refractivity contribution >= 4 is 6.16 Å². The van der Waals surface area contributed by atoms with Gasteiger partial charge in [0.25, 0.3) is 0 Å². The Morgan fingerprint density at radius 2 is 1.61 bits per heavy atom. The lowest BCUT2D eigenvalue weighted by atomic mass is 10.1. The number of hydrogen-bond donors (Lipinski definition) is 0. The van der Waals surface area contributed by atoms with Crippen LogP contribution in [-0.2, 0) is 9.47 Å². The van der Waals surface area contributed by atoms with E-state index in [0.29, 0.717) is 12.4 Å². The number of carbonyl (C=O) groups excluding carboxylic acids is 1. The summed E-state index contributed by atoms with van der Waals surface area (Å²) in [5.74, 6) is 0.450. The van der Waals surface area contributed by atoms with Crippen LogP contribution in [0.3, 0.4) is 0 Å². The monoisotopic (exact) mass is 314 g/mol. The molecule has 2 unspecified atom stereocenters. The van der Waals surface area contributed by atoms with Crippen molar-refractivity contribution in [2.75, 3.05) is 6.61 Å². The molecule has 2 atom stereocenters. The fourth-order valence-corrected chi connectivity index (χ4v) is 2.18. The van der Waals surface area contributed by atoms with Crippen LogP contribution in [0.25, 0.3) is 0 Å². The second-order valence-electron chi connectivity index (χ2n) is 5.19. The summed E-state index contributed by atoms with van der Waals surface area (Å²) >= 11 is 0. The molecule has 0 radical (unpaired) electrons. The fraction of sp³-hybridized carbons (Fsp3) is 0.316. The Morgan fingerprint density at radius 3 is 2.22 bits per heavy atom. The van der Waals surface area contributed by atoms with Crippen LogP contribution in [0.4, 0.5) is 4.79 Å². The van der Waals surface area contributed by atoms with Crippen molar-refractivity contribution in [3.63, 3.8) is 0 Å². The molecule has 0 bridgehead atoms. The number of para-hydroxylation sites is 1. The summed E-state index contributed by atoms with van der Waals surface area (Å²) in [7, 11) is 0. The first-order valence-electron chi connectivity index (χ1n) is 7.80. The lowest BCUT2D eigenvalue weighted by Gasteiger charge is -2.24. The largest absolute Gasteiger partial charge is 0.514 e. The van der Waals surface area contributed by atoms with E-state index in [4.69, 9.17) is 14.2 Å². The average molecular weight is 314 g/mol. The Labute approximate surface area is 137 Å². The van der Waals surface area contributed by atoms with Crippen molar-refractivity contribution in [3.8, 4) is 5.75 Å². The minimum Gasteiger partial charge on any atom is -0.423 e. The van der Waals surface area contributed by atoms with Gasteiger partial charge in [-0.05, 0) is 31.0 Å². The van der Waals surface area contributed by atoms with Gasteiger partial charge in [-0.2, -0.15) is 0 Å². The highest BCUT2D eigenvalue weighted by Gasteiger charge is 2.25. The minimum absolute atomic E-state index is 0.263. The van der Waals surface area contributed by atoms with Gasteiger partial charge in [0.2, 0.25) is 0 Å². The molecule has 0 heterocycles. The summed E-state index contributed by atoms with van der Waals surface area (Å²) in [6, 6.07) is 18.4. The van der Waals surface area contributed by atoms with Crippen molar-refractivity contribution in [1.29, 1.82) is 0 Å². The Bertz CT molecular complexity index is 583. The van der Waals surface area contributed by atoms with E-state index in [-0.39, 0.29) is 6.10 Å². The zero-order chi connectivity index (χ0) is 16.5. The summed E-state index contributed by atoms with van der Waals surface area (Å²) < 4.78 is 16.4. The predicted octanol–water partition coefficient (Wildman–Crippen LogP) is 4.76. The zero-order valence-corrected chi connectivity index (χ0v) is 13.5. The molecule has 0 aliphatic rings. The highest BCUT2D eigenvalue weighted by atomic mass is 16.7. The van der Waals surface area contributed by atoms with Crippen LogP contribution in [-0.4, -0.2) is 18.9 Å². The molecule has 23 heavy (non-hydrogen) atoms. The van der Waals surface area contributed by atoms with Crippen LogP contribution in [0.2, 0.25) is 0 Å². The molecule has 2 aromatic rings. The SMILES string of the molecule is CCCOC(C)C(OC(=O)Oc1ccccc1)c1ccccc1. The highest BCUT2D eigenvalue weighted by molar-refractivity contribution is 5.64. The van der Waals surface area contributed by atoms with E-state index in [9.17, 15) is 4.79 Å². The lowest BCUT2D eigenvalue weighted by Crippen LogP contribution is -2.26. The van der Waals surface area contributed by atoms with Gasteiger partial charge in [0.1, 0.15) is 5.75 Å². The molecule has 2 rings (SSSR count). The molecule has 0 aliphatic carbocycles. The summed E-state index contributed by atoms with van der Waals surface area (Å²) in [4.78, 5) is 12.1. The Morgan fingerprint density at radius 1 is 1.00 bits per heavy atom. The fourth-order valence-electron chi connectivity index (χ4n) is 2.18. The van der Waals surface area contributed by atoms with Crippen molar-refractivity contribution in [2.24, 2.45) is 0 Å². The van der Waals surface area contributed by atoms with Crippen LogP contribution >= 0.6 is 0 Å². The highest BCUT2D eigenvalue weighted by Crippen LogP contribution is 2.24. The zero-order valence-electron chi connectivity index (χ0n) is 13.5. The lowest BCUT2D eigenvalue weighted by molar-refractivity contribution is -0.0470.